The maximum Gasteiger partial charge on any atom is 0.321 e. The van der Waals surface area contributed by atoms with Gasteiger partial charge in [-0.3, -0.25) is 4.79 Å². The zero-order chi connectivity index (χ0) is 16.9. The Hall–Kier alpha value is -2.97. The number of piperidine rings is 1. The first kappa shape index (κ1) is 15.9. The van der Waals surface area contributed by atoms with Gasteiger partial charge in [-0.2, -0.15) is 5.10 Å². The maximum absolute atomic E-state index is 12.4. The number of nitrogens with zero attached hydrogens (tertiary/aromatic N) is 5. The van der Waals surface area contributed by atoms with E-state index in [9.17, 15) is 9.59 Å². The third kappa shape index (κ3) is 3.86. The third-order valence-electron chi connectivity index (χ3n) is 3.77. The lowest BCUT2D eigenvalue weighted by Gasteiger charge is -2.32. The first-order valence-corrected chi connectivity index (χ1v) is 7.76. The lowest BCUT2D eigenvalue weighted by molar-refractivity contribution is -0.119. The Morgan fingerprint density at radius 2 is 2.21 bits per heavy atom. The van der Waals surface area contributed by atoms with Crippen LogP contribution in [0.15, 0.2) is 31.0 Å². The van der Waals surface area contributed by atoms with Crippen molar-refractivity contribution in [2.24, 2.45) is 0 Å². The van der Waals surface area contributed by atoms with E-state index in [4.69, 9.17) is 0 Å². The van der Waals surface area contributed by atoms with Crippen LogP contribution in [0.3, 0.4) is 0 Å². The highest BCUT2D eigenvalue weighted by molar-refractivity contribution is 5.89. The number of rotatable bonds is 3. The van der Waals surface area contributed by atoms with Gasteiger partial charge in [-0.05, 0) is 25.0 Å². The van der Waals surface area contributed by atoms with Gasteiger partial charge in [-0.1, -0.05) is 0 Å². The SMILES string of the molecule is CC(=O)NC1CCCN(C(=O)Nc2ccc(-n3cncn3)nc2)C1. The molecule has 0 radical (unpaired) electrons. The Balaban J connectivity index is 1.59. The molecule has 0 aromatic carbocycles. The van der Waals surface area contributed by atoms with Crippen molar-refractivity contribution in [2.45, 2.75) is 25.8 Å². The first-order valence-electron chi connectivity index (χ1n) is 7.76. The van der Waals surface area contributed by atoms with Crippen molar-refractivity contribution >= 4 is 17.6 Å². The van der Waals surface area contributed by atoms with E-state index in [1.165, 1.54) is 17.9 Å². The van der Waals surface area contributed by atoms with Gasteiger partial charge in [0, 0.05) is 26.1 Å². The molecule has 3 heterocycles. The van der Waals surface area contributed by atoms with Gasteiger partial charge >= 0.3 is 6.03 Å². The molecular formula is C15H19N7O2. The Labute approximate surface area is 139 Å². The average Bonchev–Trinajstić information content (AvgIpc) is 3.09. The van der Waals surface area contributed by atoms with Crippen LogP contribution < -0.4 is 10.6 Å². The van der Waals surface area contributed by atoms with Crippen molar-refractivity contribution in [3.05, 3.63) is 31.0 Å². The molecule has 9 nitrogen and oxygen atoms in total. The summed E-state index contributed by atoms with van der Waals surface area (Å²) in [6.07, 6.45) is 6.30. The van der Waals surface area contributed by atoms with Gasteiger partial charge in [0.2, 0.25) is 5.91 Å². The summed E-state index contributed by atoms with van der Waals surface area (Å²) in [4.78, 5) is 33.3. The molecule has 1 aliphatic rings. The zero-order valence-corrected chi connectivity index (χ0v) is 13.3. The number of likely N-dealkylation sites (tertiary alicyclic amines) is 1. The van der Waals surface area contributed by atoms with E-state index in [1.807, 2.05) is 0 Å². The third-order valence-corrected chi connectivity index (χ3v) is 3.77. The summed E-state index contributed by atoms with van der Waals surface area (Å²) in [5, 5.41) is 9.68. The van der Waals surface area contributed by atoms with Crippen molar-refractivity contribution in [2.75, 3.05) is 18.4 Å². The Morgan fingerprint density at radius 3 is 2.88 bits per heavy atom. The minimum Gasteiger partial charge on any atom is -0.352 e. The minimum atomic E-state index is -0.194. The van der Waals surface area contributed by atoms with Crippen LogP contribution in [-0.2, 0) is 4.79 Å². The molecule has 1 aliphatic heterocycles. The average molecular weight is 329 g/mol. The van der Waals surface area contributed by atoms with E-state index >= 15 is 0 Å². The molecule has 9 heteroatoms. The number of amides is 3. The monoisotopic (exact) mass is 329 g/mol. The highest BCUT2D eigenvalue weighted by Gasteiger charge is 2.24. The standard InChI is InChI=1S/C15H19N7O2/c1-11(23)19-13-3-2-6-21(8-13)15(24)20-12-4-5-14(17-7-12)22-10-16-9-18-22/h4-5,7,9-10,13H,2-3,6,8H2,1H3,(H,19,23)(H,20,24). The number of hydrogen-bond donors (Lipinski definition) is 2. The van der Waals surface area contributed by atoms with Gasteiger partial charge in [0.1, 0.15) is 12.7 Å². The second-order valence-corrected chi connectivity index (χ2v) is 5.66. The molecule has 1 saturated heterocycles. The van der Waals surface area contributed by atoms with E-state index in [2.05, 4.69) is 25.7 Å². The molecular weight excluding hydrogens is 310 g/mol. The highest BCUT2D eigenvalue weighted by Crippen LogP contribution is 2.14. The Morgan fingerprint density at radius 1 is 1.33 bits per heavy atom. The summed E-state index contributed by atoms with van der Waals surface area (Å²) in [5.74, 6) is 0.546. The fourth-order valence-electron chi connectivity index (χ4n) is 2.69. The predicted molar refractivity (Wildman–Crippen MR) is 86.6 cm³/mol. The molecule has 1 fully saturated rings. The van der Waals surface area contributed by atoms with Crippen molar-refractivity contribution < 1.29 is 9.59 Å². The van der Waals surface area contributed by atoms with E-state index in [-0.39, 0.29) is 18.0 Å². The fraction of sp³-hybridized carbons (Fsp3) is 0.400. The van der Waals surface area contributed by atoms with Crippen molar-refractivity contribution in [3.63, 3.8) is 0 Å². The molecule has 2 N–H and O–H groups in total. The summed E-state index contributed by atoms with van der Waals surface area (Å²) < 4.78 is 1.54. The summed E-state index contributed by atoms with van der Waals surface area (Å²) in [5.41, 5.74) is 0.602. The normalized spacial score (nSPS) is 17.4. The molecule has 2 aromatic rings. The van der Waals surface area contributed by atoms with E-state index in [1.54, 1.807) is 29.6 Å². The largest absolute Gasteiger partial charge is 0.352 e. The number of pyridine rings is 1. The summed E-state index contributed by atoms with van der Waals surface area (Å²) in [6.45, 7) is 2.67. The van der Waals surface area contributed by atoms with Gasteiger partial charge < -0.3 is 15.5 Å². The topological polar surface area (TPSA) is 105 Å². The zero-order valence-electron chi connectivity index (χ0n) is 13.3. The van der Waals surface area contributed by atoms with Crippen LogP contribution in [-0.4, -0.2) is 55.7 Å². The fourth-order valence-corrected chi connectivity index (χ4v) is 2.69. The number of aromatic nitrogens is 4. The number of nitrogens with one attached hydrogen (secondary N) is 2. The van der Waals surface area contributed by atoms with Crippen molar-refractivity contribution in [1.82, 2.24) is 30.0 Å². The predicted octanol–water partition coefficient (Wildman–Crippen LogP) is 0.795. The molecule has 24 heavy (non-hydrogen) atoms. The van der Waals surface area contributed by atoms with E-state index in [0.29, 0.717) is 24.6 Å². The lowest BCUT2D eigenvalue weighted by Crippen LogP contribution is -2.50. The van der Waals surface area contributed by atoms with Crippen LogP contribution >= 0.6 is 0 Å². The van der Waals surface area contributed by atoms with Crippen LogP contribution in [0.5, 0.6) is 0 Å². The van der Waals surface area contributed by atoms with Crippen molar-refractivity contribution in [1.29, 1.82) is 0 Å². The molecule has 0 aliphatic carbocycles. The molecule has 0 spiro atoms. The van der Waals surface area contributed by atoms with E-state index < -0.39 is 0 Å². The molecule has 126 valence electrons. The molecule has 2 aromatic heterocycles. The summed E-state index contributed by atoms with van der Waals surface area (Å²) in [7, 11) is 0. The van der Waals surface area contributed by atoms with Crippen LogP contribution in [0.4, 0.5) is 10.5 Å². The number of urea groups is 1. The number of carbonyl (C=O) groups is 2. The van der Waals surface area contributed by atoms with Crippen LogP contribution in [0.25, 0.3) is 5.82 Å². The molecule has 0 bridgehead atoms. The van der Waals surface area contributed by atoms with E-state index in [0.717, 1.165) is 12.8 Å². The maximum atomic E-state index is 12.4. The molecule has 1 unspecified atom stereocenters. The van der Waals surface area contributed by atoms with Gasteiger partial charge in [-0.25, -0.2) is 19.4 Å². The number of carbonyl (C=O) groups excluding carboxylic acids is 2. The Kier molecular flexibility index (Phi) is 4.69. The molecule has 1 atom stereocenters. The highest BCUT2D eigenvalue weighted by atomic mass is 16.2. The van der Waals surface area contributed by atoms with Gasteiger partial charge in [0.05, 0.1) is 11.9 Å². The number of hydrogen-bond acceptors (Lipinski definition) is 5. The summed E-state index contributed by atoms with van der Waals surface area (Å²) >= 11 is 0. The van der Waals surface area contributed by atoms with Crippen LogP contribution in [0, 0.1) is 0 Å². The minimum absolute atomic E-state index is 0.00909. The second kappa shape index (κ2) is 7.07. The van der Waals surface area contributed by atoms with Crippen LogP contribution in [0.1, 0.15) is 19.8 Å². The quantitative estimate of drug-likeness (QED) is 0.866. The molecule has 0 saturated carbocycles. The van der Waals surface area contributed by atoms with Gasteiger partial charge in [0.15, 0.2) is 5.82 Å². The molecule has 3 amide bonds. The Bertz CT molecular complexity index is 699. The smallest absolute Gasteiger partial charge is 0.321 e. The first-order chi connectivity index (χ1) is 11.6. The summed E-state index contributed by atoms with van der Waals surface area (Å²) in [6, 6.07) is 3.33. The van der Waals surface area contributed by atoms with Crippen LogP contribution in [0.2, 0.25) is 0 Å². The van der Waals surface area contributed by atoms with Gasteiger partial charge in [0.25, 0.3) is 0 Å². The second-order valence-electron chi connectivity index (χ2n) is 5.66. The van der Waals surface area contributed by atoms with Crippen molar-refractivity contribution in [3.8, 4) is 5.82 Å². The number of anilines is 1. The lowest BCUT2D eigenvalue weighted by atomic mass is 10.1. The van der Waals surface area contributed by atoms with Gasteiger partial charge in [-0.15, -0.1) is 0 Å². The molecule has 3 rings (SSSR count).